The van der Waals surface area contributed by atoms with Gasteiger partial charge in [0.05, 0.1) is 19.5 Å². The van der Waals surface area contributed by atoms with Crippen molar-refractivity contribution >= 4 is 29.9 Å². The third-order valence-electron chi connectivity index (χ3n) is 3.36. The number of hydrogen-bond acceptors (Lipinski definition) is 4. The zero-order chi connectivity index (χ0) is 14.8. The fourth-order valence-corrected chi connectivity index (χ4v) is 2.24. The fourth-order valence-electron chi connectivity index (χ4n) is 2.24. The van der Waals surface area contributed by atoms with Crippen LogP contribution < -0.4 is 10.6 Å². The molecule has 0 saturated carbocycles. The van der Waals surface area contributed by atoms with E-state index in [1.165, 1.54) is 0 Å². The Morgan fingerprint density at radius 3 is 2.82 bits per heavy atom. The van der Waals surface area contributed by atoms with E-state index in [0.29, 0.717) is 6.54 Å². The maximum Gasteiger partial charge on any atom is 0.191 e. The summed E-state index contributed by atoms with van der Waals surface area (Å²) in [4.78, 5) is 6.95. The van der Waals surface area contributed by atoms with Gasteiger partial charge in [-0.1, -0.05) is 0 Å². The molecular formula is C15H27IN4O2. The number of guanidine groups is 1. The van der Waals surface area contributed by atoms with Crippen LogP contribution in [0.5, 0.6) is 0 Å². The molecule has 0 amide bonds. The number of nitrogens with zero attached hydrogens (tertiary/aromatic N) is 2. The minimum absolute atomic E-state index is 0. The number of hydrogen-bond donors (Lipinski definition) is 2. The second-order valence-corrected chi connectivity index (χ2v) is 5.01. The van der Waals surface area contributed by atoms with Crippen molar-refractivity contribution in [1.82, 2.24) is 15.5 Å². The molecule has 22 heavy (non-hydrogen) atoms. The summed E-state index contributed by atoms with van der Waals surface area (Å²) in [7, 11) is 0. The molecule has 2 rings (SSSR count). The second kappa shape index (κ2) is 11.7. The van der Waals surface area contributed by atoms with Crippen molar-refractivity contribution in [3.8, 4) is 0 Å². The maximum absolute atomic E-state index is 5.35. The molecular weight excluding hydrogens is 395 g/mol. The molecule has 1 fully saturated rings. The average molecular weight is 422 g/mol. The zero-order valence-corrected chi connectivity index (χ0v) is 15.5. The van der Waals surface area contributed by atoms with E-state index in [0.717, 1.165) is 64.1 Å². The van der Waals surface area contributed by atoms with Crippen molar-refractivity contribution in [1.29, 1.82) is 0 Å². The van der Waals surface area contributed by atoms with Crippen LogP contribution >= 0.6 is 24.0 Å². The summed E-state index contributed by atoms with van der Waals surface area (Å²) in [6.07, 6.45) is 2.78. The Morgan fingerprint density at radius 1 is 1.32 bits per heavy atom. The van der Waals surface area contributed by atoms with Gasteiger partial charge in [0.1, 0.15) is 12.3 Å². The van der Waals surface area contributed by atoms with Gasteiger partial charge in [0.25, 0.3) is 0 Å². The van der Waals surface area contributed by atoms with E-state index in [1.54, 1.807) is 6.26 Å². The molecule has 6 nitrogen and oxygen atoms in total. The SMILES string of the molecule is CCNC(=NCc1ccco1)NCCCN1CCOCC1.I. The summed E-state index contributed by atoms with van der Waals surface area (Å²) < 4.78 is 10.6. The number of furan rings is 1. The van der Waals surface area contributed by atoms with Gasteiger partial charge in [0.15, 0.2) is 5.96 Å². The van der Waals surface area contributed by atoms with Crippen LogP contribution in [0.4, 0.5) is 0 Å². The summed E-state index contributed by atoms with van der Waals surface area (Å²) in [6, 6.07) is 3.82. The van der Waals surface area contributed by atoms with Crippen molar-refractivity contribution in [2.75, 3.05) is 45.9 Å². The molecule has 0 radical (unpaired) electrons. The highest BCUT2D eigenvalue weighted by molar-refractivity contribution is 14.0. The van der Waals surface area contributed by atoms with Gasteiger partial charge < -0.3 is 19.8 Å². The molecule has 0 unspecified atom stereocenters. The Bertz CT molecular complexity index is 406. The molecule has 1 saturated heterocycles. The normalized spacial score (nSPS) is 16.1. The molecule has 0 aromatic carbocycles. The highest BCUT2D eigenvalue weighted by Gasteiger charge is 2.09. The summed E-state index contributed by atoms with van der Waals surface area (Å²) in [5.41, 5.74) is 0. The Balaban J connectivity index is 0.00000242. The van der Waals surface area contributed by atoms with Crippen molar-refractivity contribution in [2.24, 2.45) is 4.99 Å². The van der Waals surface area contributed by atoms with E-state index in [9.17, 15) is 0 Å². The minimum atomic E-state index is 0. The van der Waals surface area contributed by atoms with Crippen LogP contribution in [-0.4, -0.2) is 56.8 Å². The highest BCUT2D eigenvalue weighted by Crippen LogP contribution is 2.01. The molecule has 0 bridgehead atoms. The monoisotopic (exact) mass is 422 g/mol. The fraction of sp³-hybridized carbons (Fsp3) is 0.667. The molecule has 2 N–H and O–H groups in total. The van der Waals surface area contributed by atoms with Gasteiger partial charge in [-0.3, -0.25) is 4.90 Å². The molecule has 1 aromatic rings. The first-order valence-corrected chi connectivity index (χ1v) is 7.73. The van der Waals surface area contributed by atoms with Crippen molar-refractivity contribution in [3.05, 3.63) is 24.2 Å². The van der Waals surface area contributed by atoms with Gasteiger partial charge in [-0.05, 0) is 32.0 Å². The largest absolute Gasteiger partial charge is 0.467 e. The van der Waals surface area contributed by atoms with Crippen molar-refractivity contribution in [3.63, 3.8) is 0 Å². The summed E-state index contributed by atoms with van der Waals surface area (Å²) >= 11 is 0. The van der Waals surface area contributed by atoms with Gasteiger partial charge in [0.2, 0.25) is 0 Å². The van der Waals surface area contributed by atoms with Gasteiger partial charge in [-0.25, -0.2) is 4.99 Å². The van der Waals surface area contributed by atoms with Crippen LogP contribution in [0.2, 0.25) is 0 Å². The second-order valence-electron chi connectivity index (χ2n) is 5.01. The Morgan fingerprint density at radius 2 is 2.14 bits per heavy atom. The van der Waals surface area contributed by atoms with E-state index in [2.05, 4.69) is 27.4 Å². The Hall–Kier alpha value is -0.800. The van der Waals surface area contributed by atoms with Crippen LogP contribution in [0.1, 0.15) is 19.1 Å². The highest BCUT2D eigenvalue weighted by atomic mass is 127. The van der Waals surface area contributed by atoms with Gasteiger partial charge in [-0.2, -0.15) is 0 Å². The van der Waals surface area contributed by atoms with Gasteiger partial charge in [-0.15, -0.1) is 24.0 Å². The first-order chi connectivity index (χ1) is 10.4. The predicted molar refractivity (Wildman–Crippen MR) is 98.8 cm³/mol. The van der Waals surface area contributed by atoms with Crippen molar-refractivity contribution < 1.29 is 9.15 Å². The molecule has 1 aromatic heterocycles. The van der Waals surface area contributed by atoms with Gasteiger partial charge in [0, 0.05) is 26.2 Å². The molecule has 2 heterocycles. The quantitative estimate of drug-likeness (QED) is 0.303. The molecule has 7 heteroatoms. The number of nitrogens with one attached hydrogen (secondary N) is 2. The first-order valence-electron chi connectivity index (χ1n) is 7.73. The number of rotatable bonds is 7. The number of aliphatic imine (C=N–C) groups is 1. The average Bonchev–Trinajstić information content (AvgIpc) is 3.03. The lowest BCUT2D eigenvalue weighted by atomic mass is 10.3. The van der Waals surface area contributed by atoms with E-state index in [4.69, 9.17) is 9.15 Å². The lowest BCUT2D eigenvalue weighted by Gasteiger charge is -2.26. The van der Waals surface area contributed by atoms with Crippen LogP contribution in [0.3, 0.4) is 0 Å². The number of ether oxygens (including phenoxy) is 1. The number of morpholine rings is 1. The molecule has 0 spiro atoms. The third kappa shape index (κ3) is 7.46. The topological polar surface area (TPSA) is 62.0 Å². The van der Waals surface area contributed by atoms with Crippen molar-refractivity contribution in [2.45, 2.75) is 19.9 Å². The summed E-state index contributed by atoms with van der Waals surface area (Å²) in [5.74, 6) is 1.72. The van der Waals surface area contributed by atoms with E-state index >= 15 is 0 Å². The van der Waals surface area contributed by atoms with Crippen LogP contribution in [0.15, 0.2) is 27.8 Å². The van der Waals surface area contributed by atoms with Crippen LogP contribution in [0, 0.1) is 0 Å². The minimum Gasteiger partial charge on any atom is -0.467 e. The smallest absolute Gasteiger partial charge is 0.191 e. The summed E-state index contributed by atoms with van der Waals surface area (Å²) in [6.45, 7) is 9.33. The first kappa shape index (κ1) is 19.2. The zero-order valence-electron chi connectivity index (χ0n) is 13.2. The van der Waals surface area contributed by atoms with Gasteiger partial charge >= 0.3 is 0 Å². The molecule has 1 aliphatic heterocycles. The maximum atomic E-state index is 5.35. The third-order valence-corrected chi connectivity index (χ3v) is 3.36. The molecule has 126 valence electrons. The van der Waals surface area contributed by atoms with Crippen LogP contribution in [-0.2, 0) is 11.3 Å². The standard InChI is InChI=1S/C15H26N4O2.HI/c1-2-16-15(18-13-14-5-3-10-21-14)17-6-4-7-19-8-11-20-12-9-19;/h3,5,10H,2,4,6-9,11-13H2,1H3,(H2,16,17,18);1H. The molecule has 0 aliphatic carbocycles. The predicted octanol–water partition coefficient (Wildman–Crippen LogP) is 1.68. The molecule has 0 atom stereocenters. The molecule has 1 aliphatic rings. The van der Waals surface area contributed by atoms with E-state index in [1.807, 2.05) is 12.1 Å². The Kier molecular flexibility index (Phi) is 10.3. The van der Waals surface area contributed by atoms with E-state index in [-0.39, 0.29) is 24.0 Å². The lowest BCUT2D eigenvalue weighted by Crippen LogP contribution is -2.40. The summed E-state index contributed by atoms with van der Waals surface area (Å²) in [5, 5.41) is 6.61. The lowest BCUT2D eigenvalue weighted by molar-refractivity contribution is 0.0376. The van der Waals surface area contributed by atoms with Crippen LogP contribution in [0.25, 0.3) is 0 Å². The Labute approximate surface area is 149 Å². The van der Waals surface area contributed by atoms with E-state index < -0.39 is 0 Å². The number of halogens is 1.